The van der Waals surface area contributed by atoms with Crippen molar-refractivity contribution in [2.45, 2.75) is 10.9 Å². The van der Waals surface area contributed by atoms with E-state index in [0.29, 0.717) is 22.6 Å². The van der Waals surface area contributed by atoms with Crippen molar-refractivity contribution in [1.29, 1.82) is 0 Å². The van der Waals surface area contributed by atoms with Gasteiger partial charge in [-0.15, -0.1) is 5.10 Å². The third-order valence-corrected chi connectivity index (χ3v) is 4.59. The number of halogens is 1. The molecule has 2 aromatic carbocycles. The first-order valence-electron chi connectivity index (χ1n) is 8.25. The number of thioether (sulfide) groups is 1. The highest BCUT2D eigenvalue weighted by Crippen LogP contribution is 2.23. The predicted molar refractivity (Wildman–Crippen MR) is 103 cm³/mol. The Balaban J connectivity index is 1.36. The van der Waals surface area contributed by atoms with Gasteiger partial charge in [0.05, 0.1) is 5.69 Å². The summed E-state index contributed by atoms with van der Waals surface area (Å²) in [5.74, 6) is 1.58. The second kappa shape index (κ2) is 8.01. The molecule has 7 heteroatoms. The summed E-state index contributed by atoms with van der Waals surface area (Å²) in [4.78, 5) is 8.89. The molecule has 0 saturated heterocycles. The standard InChI is InChI=1S/C20H15FN4OS/c21-16-9-6-14(7-10-16)8-11-18-23-20(25-24-18)27-13-17-12-26-19(22-17)15-4-2-1-3-5-15/h1-12H,13H2,(H,23,24,25)/b11-8-. The quantitative estimate of drug-likeness (QED) is 0.475. The Hall–Kier alpha value is -3.19. The Morgan fingerprint density at radius 3 is 2.63 bits per heavy atom. The maximum atomic E-state index is 12.9. The van der Waals surface area contributed by atoms with E-state index in [-0.39, 0.29) is 5.82 Å². The zero-order chi connectivity index (χ0) is 18.5. The lowest BCUT2D eigenvalue weighted by molar-refractivity contribution is 0.573. The van der Waals surface area contributed by atoms with Gasteiger partial charge in [-0.3, -0.25) is 5.10 Å². The minimum absolute atomic E-state index is 0.256. The minimum Gasteiger partial charge on any atom is -0.444 e. The number of aromatic amines is 1. The lowest BCUT2D eigenvalue weighted by Crippen LogP contribution is -1.83. The first-order chi connectivity index (χ1) is 13.3. The topological polar surface area (TPSA) is 67.6 Å². The number of hydrogen-bond acceptors (Lipinski definition) is 5. The molecule has 2 aromatic heterocycles. The van der Waals surface area contributed by atoms with Gasteiger partial charge in [0.1, 0.15) is 17.9 Å². The summed E-state index contributed by atoms with van der Waals surface area (Å²) in [6.45, 7) is 0. The summed E-state index contributed by atoms with van der Waals surface area (Å²) in [6.07, 6.45) is 5.30. The molecule has 5 nitrogen and oxygen atoms in total. The summed E-state index contributed by atoms with van der Waals surface area (Å²) in [7, 11) is 0. The van der Waals surface area contributed by atoms with Crippen LogP contribution in [0, 0.1) is 5.82 Å². The highest BCUT2D eigenvalue weighted by atomic mass is 32.2. The average molecular weight is 378 g/mol. The third kappa shape index (κ3) is 4.51. The normalized spacial score (nSPS) is 11.3. The van der Waals surface area contributed by atoms with Crippen molar-refractivity contribution in [3.05, 3.63) is 83.8 Å². The van der Waals surface area contributed by atoms with Crippen molar-refractivity contribution in [2.24, 2.45) is 0 Å². The first-order valence-corrected chi connectivity index (χ1v) is 9.23. The van der Waals surface area contributed by atoms with Gasteiger partial charge in [-0.05, 0) is 35.9 Å². The van der Waals surface area contributed by atoms with Crippen molar-refractivity contribution in [3.63, 3.8) is 0 Å². The number of oxazole rings is 1. The fourth-order valence-electron chi connectivity index (χ4n) is 2.37. The summed E-state index contributed by atoms with van der Waals surface area (Å²) >= 11 is 1.47. The lowest BCUT2D eigenvalue weighted by atomic mass is 10.2. The molecule has 4 aromatic rings. The highest BCUT2D eigenvalue weighted by molar-refractivity contribution is 7.98. The number of benzene rings is 2. The zero-order valence-corrected chi connectivity index (χ0v) is 15.0. The SMILES string of the molecule is Fc1ccc(/C=C\c2nc(SCc3coc(-c4ccccc4)n3)n[nH]2)cc1. The number of H-pyrrole nitrogens is 1. The minimum atomic E-state index is -0.256. The second-order valence-corrected chi connectivity index (χ2v) is 6.63. The molecule has 0 radical (unpaired) electrons. The summed E-state index contributed by atoms with van der Waals surface area (Å²) < 4.78 is 18.4. The molecule has 0 spiro atoms. The molecule has 0 saturated carbocycles. The van der Waals surface area contributed by atoms with Crippen molar-refractivity contribution in [2.75, 3.05) is 0 Å². The van der Waals surface area contributed by atoms with E-state index in [2.05, 4.69) is 20.2 Å². The van der Waals surface area contributed by atoms with E-state index in [9.17, 15) is 4.39 Å². The Labute approximate surface area is 159 Å². The molecule has 0 aliphatic heterocycles. The van der Waals surface area contributed by atoms with Crippen LogP contribution in [0.5, 0.6) is 0 Å². The van der Waals surface area contributed by atoms with Gasteiger partial charge in [-0.1, -0.05) is 48.2 Å². The Morgan fingerprint density at radius 1 is 1.00 bits per heavy atom. The van der Waals surface area contributed by atoms with Crippen LogP contribution in [0.15, 0.2) is 70.4 Å². The second-order valence-electron chi connectivity index (χ2n) is 5.69. The fraction of sp³-hybridized carbons (Fsp3) is 0.0500. The number of rotatable bonds is 6. The fourth-order valence-corrected chi connectivity index (χ4v) is 3.05. The van der Waals surface area contributed by atoms with E-state index in [4.69, 9.17) is 4.42 Å². The average Bonchev–Trinajstić information content (AvgIpc) is 3.36. The molecule has 0 unspecified atom stereocenters. The molecule has 4 rings (SSSR count). The molecule has 0 aliphatic rings. The molecule has 0 amide bonds. The summed E-state index contributed by atoms with van der Waals surface area (Å²) in [5, 5.41) is 7.67. The number of hydrogen-bond donors (Lipinski definition) is 1. The molecular weight excluding hydrogens is 363 g/mol. The van der Waals surface area contributed by atoms with E-state index in [1.54, 1.807) is 24.5 Å². The van der Waals surface area contributed by atoms with Gasteiger partial charge in [-0.2, -0.15) is 0 Å². The smallest absolute Gasteiger partial charge is 0.226 e. The van der Waals surface area contributed by atoms with Crippen LogP contribution in [0.2, 0.25) is 0 Å². The van der Waals surface area contributed by atoms with Gasteiger partial charge in [0.25, 0.3) is 0 Å². The van der Waals surface area contributed by atoms with Gasteiger partial charge in [0.2, 0.25) is 11.0 Å². The van der Waals surface area contributed by atoms with E-state index >= 15 is 0 Å². The van der Waals surface area contributed by atoms with Crippen LogP contribution < -0.4 is 0 Å². The van der Waals surface area contributed by atoms with Gasteiger partial charge in [0, 0.05) is 11.3 Å². The van der Waals surface area contributed by atoms with Gasteiger partial charge >= 0.3 is 0 Å². The van der Waals surface area contributed by atoms with E-state index in [1.165, 1.54) is 23.9 Å². The maximum Gasteiger partial charge on any atom is 0.226 e. The molecule has 0 fully saturated rings. The summed E-state index contributed by atoms with van der Waals surface area (Å²) in [5.41, 5.74) is 2.66. The first kappa shape index (κ1) is 17.2. The van der Waals surface area contributed by atoms with Crippen LogP contribution in [0.25, 0.3) is 23.6 Å². The van der Waals surface area contributed by atoms with Crippen LogP contribution in [0.4, 0.5) is 4.39 Å². The molecule has 0 aliphatic carbocycles. The van der Waals surface area contributed by atoms with Gasteiger partial charge < -0.3 is 4.42 Å². The molecule has 0 bridgehead atoms. The molecule has 1 N–H and O–H groups in total. The van der Waals surface area contributed by atoms with Gasteiger partial charge in [-0.25, -0.2) is 14.4 Å². The molecular formula is C20H15FN4OS. The largest absolute Gasteiger partial charge is 0.444 e. The Bertz CT molecular complexity index is 1040. The number of nitrogens with one attached hydrogen (secondary N) is 1. The van der Waals surface area contributed by atoms with Crippen molar-refractivity contribution in [1.82, 2.24) is 20.2 Å². The van der Waals surface area contributed by atoms with E-state index in [0.717, 1.165) is 16.8 Å². The molecule has 27 heavy (non-hydrogen) atoms. The number of nitrogens with zero attached hydrogens (tertiary/aromatic N) is 3. The highest BCUT2D eigenvalue weighted by Gasteiger charge is 2.08. The van der Waals surface area contributed by atoms with Crippen molar-refractivity contribution < 1.29 is 8.81 Å². The predicted octanol–water partition coefficient (Wildman–Crippen LogP) is 5.06. The monoisotopic (exact) mass is 378 g/mol. The molecule has 0 atom stereocenters. The Morgan fingerprint density at radius 2 is 1.81 bits per heavy atom. The van der Waals surface area contributed by atoms with Crippen LogP contribution >= 0.6 is 11.8 Å². The van der Waals surface area contributed by atoms with Crippen LogP contribution in [0.3, 0.4) is 0 Å². The van der Waals surface area contributed by atoms with Gasteiger partial charge in [0.15, 0.2) is 0 Å². The van der Waals surface area contributed by atoms with Crippen molar-refractivity contribution >= 4 is 23.9 Å². The molecule has 2 heterocycles. The van der Waals surface area contributed by atoms with Crippen LogP contribution in [-0.4, -0.2) is 20.2 Å². The number of aromatic nitrogens is 4. The summed E-state index contributed by atoms with van der Waals surface area (Å²) in [6, 6.07) is 16.0. The van der Waals surface area contributed by atoms with Crippen LogP contribution in [0.1, 0.15) is 17.1 Å². The zero-order valence-electron chi connectivity index (χ0n) is 14.2. The van der Waals surface area contributed by atoms with Crippen LogP contribution in [-0.2, 0) is 5.75 Å². The maximum absolute atomic E-state index is 12.9. The third-order valence-electron chi connectivity index (χ3n) is 3.71. The van der Waals surface area contributed by atoms with E-state index in [1.807, 2.05) is 36.4 Å². The Kier molecular flexibility index (Phi) is 5.11. The van der Waals surface area contributed by atoms with E-state index < -0.39 is 0 Å². The molecule has 134 valence electrons. The van der Waals surface area contributed by atoms with Crippen molar-refractivity contribution in [3.8, 4) is 11.5 Å². The lowest BCUT2D eigenvalue weighted by Gasteiger charge is -1.93.